The molecule has 1 N–H and O–H groups in total. The molecule has 0 aliphatic rings. The molecule has 0 rings (SSSR count). The van der Waals surface area contributed by atoms with Gasteiger partial charge in [-0.3, -0.25) is 5.32 Å². The fourth-order valence-electron chi connectivity index (χ4n) is 0.737. The monoisotopic (exact) mass is 144 g/mol. The second kappa shape index (κ2) is 5.69. The van der Waals surface area contributed by atoms with Crippen molar-refractivity contribution in [3.63, 3.8) is 0 Å². The van der Waals surface area contributed by atoms with Crippen LogP contribution in [0, 0.1) is 5.92 Å². The van der Waals surface area contributed by atoms with Crippen molar-refractivity contribution in [2.75, 3.05) is 6.54 Å². The summed E-state index contributed by atoms with van der Waals surface area (Å²) < 4.78 is 0. The van der Waals surface area contributed by atoms with E-state index in [0.717, 1.165) is 18.9 Å². The zero-order valence-corrected chi connectivity index (χ0v) is 7.18. The lowest BCUT2D eigenvalue weighted by Gasteiger charge is -2.09. The number of hydrogen-bond donors (Lipinski definition) is 1. The van der Waals surface area contributed by atoms with Crippen LogP contribution in [0.2, 0.25) is 0 Å². The molecule has 2 atom stereocenters. The highest BCUT2D eigenvalue weighted by Crippen LogP contribution is 2.04. The Morgan fingerprint density at radius 1 is 1.40 bits per heavy atom. The minimum absolute atomic E-state index is 0.607. The first-order valence-corrected chi connectivity index (χ1v) is 4.06. The highest BCUT2D eigenvalue weighted by atomic mass is 16.3. The van der Waals surface area contributed by atoms with Gasteiger partial charge in [-0.1, -0.05) is 20.3 Å². The van der Waals surface area contributed by atoms with Gasteiger partial charge in [-0.25, -0.2) is 5.11 Å². The van der Waals surface area contributed by atoms with Crippen LogP contribution in [-0.2, 0) is 5.11 Å². The Morgan fingerprint density at radius 3 is 2.40 bits per heavy atom. The summed E-state index contributed by atoms with van der Waals surface area (Å²) >= 11 is 0. The molecule has 0 spiro atoms. The van der Waals surface area contributed by atoms with Gasteiger partial charge < -0.3 is 0 Å². The minimum atomic E-state index is -0.607. The molecule has 2 unspecified atom stereocenters. The van der Waals surface area contributed by atoms with Gasteiger partial charge in [0.25, 0.3) is 0 Å². The summed E-state index contributed by atoms with van der Waals surface area (Å²) in [6.07, 6.45) is 1.71. The SMILES string of the molecule is CCC(C)CCNC(C)[O]. The summed E-state index contributed by atoms with van der Waals surface area (Å²) in [5.74, 6) is 0.742. The molecule has 2 heteroatoms. The average molecular weight is 144 g/mol. The Morgan fingerprint density at radius 2 is 2.00 bits per heavy atom. The van der Waals surface area contributed by atoms with Gasteiger partial charge in [-0.05, 0) is 25.8 Å². The smallest absolute Gasteiger partial charge is 0.140 e. The lowest BCUT2D eigenvalue weighted by atomic mass is 10.1. The maximum Gasteiger partial charge on any atom is 0.140 e. The van der Waals surface area contributed by atoms with Gasteiger partial charge in [0.15, 0.2) is 0 Å². The van der Waals surface area contributed by atoms with Crippen molar-refractivity contribution >= 4 is 0 Å². The molecule has 2 nitrogen and oxygen atoms in total. The van der Waals surface area contributed by atoms with Crippen molar-refractivity contribution in [2.45, 2.75) is 39.8 Å². The molecule has 10 heavy (non-hydrogen) atoms. The normalized spacial score (nSPS) is 16.8. The van der Waals surface area contributed by atoms with Crippen LogP contribution in [0.15, 0.2) is 0 Å². The van der Waals surface area contributed by atoms with Crippen molar-refractivity contribution < 1.29 is 5.11 Å². The van der Waals surface area contributed by atoms with Crippen molar-refractivity contribution in [3.05, 3.63) is 0 Å². The highest BCUT2D eigenvalue weighted by Gasteiger charge is 1.99. The first kappa shape index (κ1) is 9.92. The van der Waals surface area contributed by atoms with E-state index in [9.17, 15) is 5.11 Å². The van der Waals surface area contributed by atoms with Crippen LogP contribution in [0.5, 0.6) is 0 Å². The lowest BCUT2D eigenvalue weighted by Crippen LogP contribution is -2.26. The summed E-state index contributed by atoms with van der Waals surface area (Å²) in [6.45, 7) is 6.87. The molecule has 0 amide bonds. The van der Waals surface area contributed by atoms with Crippen molar-refractivity contribution in [1.82, 2.24) is 5.32 Å². The average Bonchev–Trinajstić information content (AvgIpc) is 1.87. The Balaban J connectivity index is 3.03. The molecule has 0 saturated carbocycles. The fraction of sp³-hybridized carbons (Fsp3) is 1.00. The molecule has 1 radical (unpaired) electrons. The zero-order valence-electron chi connectivity index (χ0n) is 7.18. The van der Waals surface area contributed by atoms with Gasteiger partial charge >= 0.3 is 0 Å². The third-order valence-electron chi connectivity index (χ3n) is 1.77. The van der Waals surface area contributed by atoms with E-state index in [1.54, 1.807) is 6.92 Å². The number of hydrogen-bond acceptors (Lipinski definition) is 1. The van der Waals surface area contributed by atoms with E-state index in [4.69, 9.17) is 0 Å². The van der Waals surface area contributed by atoms with Crippen LogP contribution in [0.3, 0.4) is 0 Å². The van der Waals surface area contributed by atoms with Gasteiger partial charge in [-0.15, -0.1) is 0 Å². The molecule has 0 aromatic heterocycles. The van der Waals surface area contributed by atoms with Crippen LogP contribution >= 0.6 is 0 Å². The fourth-order valence-corrected chi connectivity index (χ4v) is 0.737. The molecule has 0 aromatic rings. The maximum atomic E-state index is 10.5. The predicted octanol–water partition coefficient (Wildman–Crippen LogP) is 1.79. The van der Waals surface area contributed by atoms with Crippen LogP contribution < -0.4 is 5.32 Å². The third kappa shape index (κ3) is 6.05. The minimum Gasteiger partial charge on any atom is -0.290 e. The van der Waals surface area contributed by atoms with E-state index in [1.165, 1.54) is 6.42 Å². The van der Waals surface area contributed by atoms with Crippen molar-refractivity contribution in [2.24, 2.45) is 5.92 Å². The number of nitrogens with one attached hydrogen (secondary N) is 1. The molecule has 0 aliphatic heterocycles. The van der Waals surface area contributed by atoms with Gasteiger partial charge in [0.1, 0.15) is 6.23 Å². The third-order valence-corrected chi connectivity index (χ3v) is 1.77. The van der Waals surface area contributed by atoms with Crippen LogP contribution in [0.1, 0.15) is 33.6 Å². The van der Waals surface area contributed by atoms with E-state index in [2.05, 4.69) is 19.2 Å². The molecule has 61 valence electrons. The van der Waals surface area contributed by atoms with Gasteiger partial charge in [0.05, 0.1) is 0 Å². The summed E-state index contributed by atoms with van der Waals surface area (Å²) in [7, 11) is 0. The van der Waals surface area contributed by atoms with Gasteiger partial charge in [0, 0.05) is 0 Å². The maximum absolute atomic E-state index is 10.5. The van der Waals surface area contributed by atoms with Crippen molar-refractivity contribution in [1.29, 1.82) is 0 Å². The zero-order chi connectivity index (χ0) is 7.98. The van der Waals surface area contributed by atoms with Crippen LogP contribution in [0.4, 0.5) is 0 Å². The van der Waals surface area contributed by atoms with Crippen LogP contribution in [0.25, 0.3) is 0 Å². The van der Waals surface area contributed by atoms with E-state index >= 15 is 0 Å². The summed E-state index contributed by atoms with van der Waals surface area (Å²) in [5.41, 5.74) is 0. The quantitative estimate of drug-likeness (QED) is 0.586. The molecule has 0 fully saturated rings. The number of rotatable bonds is 5. The second-order valence-corrected chi connectivity index (χ2v) is 2.90. The van der Waals surface area contributed by atoms with E-state index in [-0.39, 0.29) is 0 Å². The molecule has 0 aliphatic carbocycles. The largest absolute Gasteiger partial charge is 0.290 e. The van der Waals surface area contributed by atoms with E-state index in [0.29, 0.717) is 0 Å². The molecule has 0 heterocycles. The Bertz CT molecular complexity index is 73.7. The second-order valence-electron chi connectivity index (χ2n) is 2.90. The summed E-state index contributed by atoms with van der Waals surface area (Å²) in [6, 6.07) is 0. The summed E-state index contributed by atoms with van der Waals surface area (Å²) in [5, 5.41) is 13.3. The van der Waals surface area contributed by atoms with Crippen LogP contribution in [-0.4, -0.2) is 12.8 Å². The van der Waals surface area contributed by atoms with Crippen molar-refractivity contribution in [3.8, 4) is 0 Å². The molecule has 0 aromatic carbocycles. The molecular weight excluding hydrogens is 126 g/mol. The predicted molar refractivity (Wildman–Crippen MR) is 42.2 cm³/mol. The first-order valence-electron chi connectivity index (χ1n) is 4.06. The Labute approximate surface area is 63.6 Å². The van der Waals surface area contributed by atoms with E-state index < -0.39 is 6.23 Å². The van der Waals surface area contributed by atoms with Gasteiger partial charge in [0.2, 0.25) is 0 Å². The van der Waals surface area contributed by atoms with Gasteiger partial charge in [-0.2, -0.15) is 0 Å². The van der Waals surface area contributed by atoms with E-state index in [1.807, 2.05) is 0 Å². The first-order chi connectivity index (χ1) is 4.66. The highest BCUT2D eigenvalue weighted by molar-refractivity contribution is 4.53. The summed E-state index contributed by atoms with van der Waals surface area (Å²) in [4.78, 5) is 0. The Hall–Kier alpha value is -0.0800. The molecular formula is C8H18NO. The standard InChI is InChI=1S/C8H18NO/c1-4-7(2)5-6-9-8(3)10/h7-9H,4-6H2,1-3H3. The molecule has 0 saturated heterocycles. The Kier molecular flexibility index (Phi) is 5.64. The topological polar surface area (TPSA) is 31.9 Å². The lowest BCUT2D eigenvalue weighted by molar-refractivity contribution is 0.0741. The molecule has 0 bridgehead atoms.